The fourth-order valence-corrected chi connectivity index (χ4v) is 1.23. The molecule has 0 unspecified atom stereocenters. The van der Waals surface area contributed by atoms with Crippen molar-refractivity contribution in [3.63, 3.8) is 0 Å². The van der Waals surface area contributed by atoms with Crippen molar-refractivity contribution in [1.82, 2.24) is 5.32 Å². The maximum atomic E-state index is 10.9. The molecule has 0 amide bonds. The predicted molar refractivity (Wildman–Crippen MR) is 66.1 cm³/mol. The quantitative estimate of drug-likeness (QED) is 0.793. The van der Waals surface area contributed by atoms with Crippen LogP contribution in [0.15, 0.2) is 24.3 Å². The van der Waals surface area contributed by atoms with E-state index in [-0.39, 0.29) is 6.61 Å². The number of benzene rings is 1. The molecule has 4 nitrogen and oxygen atoms in total. The van der Waals surface area contributed by atoms with Crippen LogP contribution in [0.3, 0.4) is 0 Å². The first-order valence-corrected chi connectivity index (χ1v) is 5.55. The van der Waals surface area contributed by atoms with Gasteiger partial charge in [-0.15, -0.1) is 0 Å². The summed E-state index contributed by atoms with van der Waals surface area (Å²) in [4.78, 5) is 10.9. The summed E-state index contributed by atoms with van der Waals surface area (Å²) in [7, 11) is 1.89. The summed E-state index contributed by atoms with van der Waals surface area (Å²) < 4.78 is 5.46. The highest BCUT2D eigenvalue weighted by atomic mass is 16.5. The van der Waals surface area contributed by atoms with E-state index in [2.05, 4.69) is 5.32 Å². The van der Waals surface area contributed by atoms with Crippen molar-refractivity contribution < 1.29 is 14.6 Å². The molecule has 0 aromatic heterocycles. The Morgan fingerprint density at radius 2 is 1.94 bits per heavy atom. The molecule has 0 saturated heterocycles. The second-order valence-corrected chi connectivity index (χ2v) is 4.65. The van der Waals surface area contributed by atoms with Gasteiger partial charge in [0.05, 0.1) is 5.41 Å². The first-order chi connectivity index (χ1) is 7.95. The summed E-state index contributed by atoms with van der Waals surface area (Å²) >= 11 is 0. The minimum Gasteiger partial charge on any atom is -0.492 e. The molecule has 1 rings (SSSR count). The van der Waals surface area contributed by atoms with Crippen LogP contribution in [-0.2, 0) is 11.3 Å². The standard InChI is InChI=1S/C13H19NO3/c1-13(2,12(15)16)9-17-11-6-4-10(5-7-11)8-14-3/h4-7,14H,8-9H2,1-3H3,(H,15,16). The number of hydrogen-bond donors (Lipinski definition) is 2. The molecule has 0 bridgehead atoms. The zero-order chi connectivity index (χ0) is 12.9. The molecular weight excluding hydrogens is 218 g/mol. The maximum absolute atomic E-state index is 10.9. The highest BCUT2D eigenvalue weighted by Gasteiger charge is 2.28. The monoisotopic (exact) mass is 237 g/mol. The van der Waals surface area contributed by atoms with E-state index in [1.54, 1.807) is 13.8 Å². The lowest BCUT2D eigenvalue weighted by Gasteiger charge is -2.19. The van der Waals surface area contributed by atoms with Gasteiger partial charge in [0.25, 0.3) is 0 Å². The number of nitrogens with one attached hydrogen (secondary N) is 1. The molecule has 94 valence electrons. The predicted octanol–water partition coefficient (Wildman–Crippen LogP) is 1.90. The van der Waals surface area contributed by atoms with Gasteiger partial charge in [0, 0.05) is 6.54 Å². The van der Waals surface area contributed by atoms with Gasteiger partial charge in [-0.2, -0.15) is 0 Å². The third-order valence-corrected chi connectivity index (χ3v) is 2.48. The lowest BCUT2D eigenvalue weighted by Crippen LogP contribution is -2.30. The molecule has 0 fully saturated rings. The van der Waals surface area contributed by atoms with Crippen LogP contribution in [0.5, 0.6) is 5.75 Å². The SMILES string of the molecule is CNCc1ccc(OCC(C)(C)C(=O)O)cc1. The third kappa shape index (κ3) is 4.07. The van der Waals surface area contributed by atoms with Crippen molar-refractivity contribution in [3.05, 3.63) is 29.8 Å². The Hall–Kier alpha value is -1.55. The van der Waals surface area contributed by atoms with E-state index < -0.39 is 11.4 Å². The molecule has 0 aliphatic heterocycles. The van der Waals surface area contributed by atoms with Crippen LogP contribution in [0.2, 0.25) is 0 Å². The van der Waals surface area contributed by atoms with Gasteiger partial charge in [-0.3, -0.25) is 4.79 Å². The van der Waals surface area contributed by atoms with E-state index in [1.807, 2.05) is 31.3 Å². The average Bonchev–Trinajstić information content (AvgIpc) is 2.28. The number of hydrogen-bond acceptors (Lipinski definition) is 3. The van der Waals surface area contributed by atoms with Crippen LogP contribution < -0.4 is 10.1 Å². The van der Waals surface area contributed by atoms with Crippen molar-refractivity contribution in [1.29, 1.82) is 0 Å². The summed E-state index contributed by atoms with van der Waals surface area (Å²) in [6.45, 7) is 4.25. The van der Waals surface area contributed by atoms with Crippen LogP contribution in [-0.4, -0.2) is 24.7 Å². The summed E-state index contributed by atoms with van der Waals surface area (Å²) in [5.41, 5.74) is 0.293. The molecule has 0 atom stereocenters. The topological polar surface area (TPSA) is 58.6 Å². The largest absolute Gasteiger partial charge is 0.492 e. The summed E-state index contributed by atoms with van der Waals surface area (Å²) in [6.07, 6.45) is 0. The van der Waals surface area contributed by atoms with E-state index >= 15 is 0 Å². The molecule has 2 N–H and O–H groups in total. The summed E-state index contributed by atoms with van der Waals surface area (Å²) in [5.74, 6) is -0.163. The lowest BCUT2D eigenvalue weighted by molar-refractivity contribution is -0.148. The van der Waals surface area contributed by atoms with E-state index in [0.29, 0.717) is 5.75 Å². The average molecular weight is 237 g/mol. The Labute approximate surface area is 102 Å². The molecule has 1 aromatic carbocycles. The molecule has 4 heteroatoms. The van der Waals surface area contributed by atoms with Gasteiger partial charge in [-0.25, -0.2) is 0 Å². The van der Waals surface area contributed by atoms with Gasteiger partial charge in [0.1, 0.15) is 12.4 Å². The molecule has 0 spiro atoms. The number of carboxylic acid groups (broad SMARTS) is 1. The minimum absolute atomic E-state index is 0.160. The Morgan fingerprint density at radius 3 is 2.41 bits per heavy atom. The Morgan fingerprint density at radius 1 is 1.35 bits per heavy atom. The molecular formula is C13H19NO3. The molecule has 0 radical (unpaired) electrons. The zero-order valence-corrected chi connectivity index (χ0v) is 10.5. The maximum Gasteiger partial charge on any atom is 0.312 e. The molecule has 17 heavy (non-hydrogen) atoms. The van der Waals surface area contributed by atoms with Crippen molar-refractivity contribution in [2.24, 2.45) is 5.41 Å². The lowest BCUT2D eigenvalue weighted by atomic mass is 9.95. The number of ether oxygens (including phenoxy) is 1. The van der Waals surface area contributed by atoms with Crippen molar-refractivity contribution in [2.75, 3.05) is 13.7 Å². The van der Waals surface area contributed by atoms with Gasteiger partial charge in [0.2, 0.25) is 0 Å². The summed E-state index contributed by atoms with van der Waals surface area (Å²) in [6, 6.07) is 7.62. The number of carboxylic acids is 1. The molecule has 0 aliphatic rings. The van der Waals surface area contributed by atoms with Gasteiger partial charge in [-0.05, 0) is 38.6 Å². The van der Waals surface area contributed by atoms with Crippen LogP contribution in [0.25, 0.3) is 0 Å². The van der Waals surface area contributed by atoms with Crippen LogP contribution in [0, 0.1) is 5.41 Å². The first kappa shape index (κ1) is 13.5. The normalized spacial score (nSPS) is 11.2. The molecule has 0 heterocycles. The Kier molecular flexibility index (Phi) is 4.52. The summed E-state index contributed by atoms with van der Waals surface area (Å²) in [5, 5.41) is 12.0. The van der Waals surface area contributed by atoms with Crippen LogP contribution in [0.4, 0.5) is 0 Å². The van der Waals surface area contributed by atoms with E-state index in [0.717, 1.165) is 12.1 Å². The number of carbonyl (C=O) groups is 1. The Balaban J connectivity index is 2.55. The van der Waals surface area contributed by atoms with Gasteiger partial charge in [-0.1, -0.05) is 12.1 Å². The van der Waals surface area contributed by atoms with Crippen LogP contribution in [0.1, 0.15) is 19.4 Å². The minimum atomic E-state index is -0.871. The smallest absolute Gasteiger partial charge is 0.312 e. The third-order valence-electron chi connectivity index (χ3n) is 2.48. The molecule has 0 saturated carbocycles. The van der Waals surface area contributed by atoms with Crippen LogP contribution >= 0.6 is 0 Å². The highest BCUT2D eigenvalue weighted by Crippen LogP contribution is 2.19. The van der Waals surface area contributed by atoms with E-state index in [4.69, 9.17) is 9.84 Å². The zero-order valence-electron chi connectivity index (χ0n) is 10.5. The number of aliphatic carboxylic acids is 1. The van der Waals surface area contributed by atoms with E-state index in [9.17, 15) is 4.79 Å². The highest BCUT2D eigenvalue weighted by molar-refractivity contribution is 5.73. The number of rotatable bonds is 6. The Bertz CT molecular complexity index is 371. The molecule has 1 aromatic rings. The second-order valence-electron chi connectivity index (χ2n) is 4.65. The van der Waals surface area contributed by atoms with Gasteiger partial charge >= 0.3 is 5.97 Å². The van der Waals surface area contributed by atoms with Gasteiger partial charge in [0.15, 0.2) is 0 Å². The first-order valence-electron chi connectivity index (χ1n) is 5.55. The molecule has 0 aliphatic carbocycles. The second kappa shape index (κ2) is 5.68. The van der Waals surface area contributed by atoms with Crippen molar-refractivity contribution in [3.8, 4) is 5.75 Å². The van der Waals surface area contributed by atoms with Gasteiger partial charge < -0.3 is 15.2 Å². The van der Waals surface area contributed by atoms with E-state index in [1.165, 1.54) is 0 Å². The van der Waals surface area contributed by atoms with Crippen molar-refractivity contribution in [2.45, 2.75) is 20.4 Å². The fourth-order valence-electron chi connectivity index (χ4n) is 1.23. The van der Waals surface area contributed by atoms with Crippen molar-refractivity contribution >= 4 is 5.97 Å². The fraction of sp³-hybridized carbons (Fsp3) is 0.462.